The summed E-state index contributed by atoms with van der Waals surface area (Å²) in [5.74, 6) is -1.15. The van der Waals surface area contributed by atoms with Crippen LogP contribution in [0.5, 0.6) is 0 Å². The van der Waals surface area contributed by atoms with Crippen LogP contribution in [0.15, 0.2) is 35.7 Å². The molecule has 114 valence electrons. The molecule has 0 saturated heterocycles. The minimum absolute atomic E-state index is 0.0998. The third-order valence-electron chi connectivity index (χ3n) is 3.19. The zero-order valence-electron chi connectivity index (χ0n) is 11.3. The number of fused-ring (bicyclic) bond motifs is 2. The predicted octanol–water partition coefficient (Wildman–Crippen LogP) is 3.91. The molecule has 2 heterocycles. The Labute approximate surface area is 128 Å². The van der Waals surface area contributed by atoms with Gasteiger partial charge in [-0.25, -0.2) is 9.97 Å². The number of hydrogen-bond acceptors (Lipinski definition) is 4. The average molecular weight is 324 g/mol. The smallest absolute Gasteiger partial charge is 0.396 e. The number of aliphatic hydroxyl groups excluding tert-OH is 1. The fraction of sp³-hybridized carbons (Fsp3) is 0.200. The molecule has 0 spiro atoms. The lowest BCUT2D eigenvalue weighted by atomic mass is 9.95. The van der Waals surface area contributed by atoms with Gasteiger partial charge in [-0.2, -0.15) is 13.2 Å². The van der Waals surface area contributed by atoms with E-state index in [1.807, 2.05) is 0 Å². The third kappa shape index (κ3) is 2.82. The van der Waals surface area contributed by atoms with E-state index < -0.39 is 12.0 Å². The summed E-state index contributed by atoms with van der Waals surface area (Å²) >= 11 is 1.27. The molecule has 4 rings (SSSR count). The van der Waals surface area contributed by atoms with E-state index in [1.165, 1.54) is 28.5 Å². The molecule has 3 nitrogen and oxygen atoms in total. The van der Waals surface area contributed by atoms with Crippen molar-refractivity contribution in [2.45, 2.75) is 12.6 Å². The van der Waals surface area contributed by atoms with Gasteiger partial charge in [0, 0.05) is 13.0 Å². The number of benzene rings is 1. The summed E-state index contributed by atoms with van der Waals surface area (Å²) in [6.45, 7) is -0.235. The molecular formula is C15H11F3N2OS. The first kappa shape index (κ1) is 14.9. The summed E-state index contributed by atoms with van der Waals surface area (Å²) in [5.41, 5.74) is 3.37. The quantitative estimate of drug-likeness (QED) is 0.608. The molecule has 0 bridgehead atoms. The highest BCUT2D eigenvalue weighted by Gasteiger charge is 2.35. The van der Waals surface area contributed by atoms with Crippen LogP contribution >= 0.6 is 11.3 Å². The molecule has 0 aliphatic heterocycles. The molecular weight excluding hydrogens is 313 g/mol. The summed E-state index contributed by atoms with van der Waals surface area (Å²) in [5, 5.41) is 10.4. The van der Waals surface area contributed by atoms with Crippen LogP contribution in [-0.2, 0) is 12.6 Å². The normalized spacial score (nSPS) is 12.0. The first-order valence-electron chi connectivity index (χ1n) is 6.51. The fourth-order valence-corrected chi connectivity index (χ4v) is 2.84. The number of halogens is 3. The van der Waals surface area contributed by atoms with E-state index in [0.29, 0.717) is 4.70 Å². The predicted molar refractivity (Wildman–Crippen MR) is 78.6 cm³/mol. The Morgan fingerprint density at radius 2 is 1.64 bits per heavy atom. The van der Waals surface area contributed by atoms with Gasteiger partial charge >= 0.3 is 6.18 Å². The summed E-state index contributed by atoms with van der Waals surface area (Å²) in [6.07, 6.45) is -4.46. The van der Waals surface area contributed by atoms with Gasteiger partial charge in [-0.3, -0.25) is 0 Å². The minimum Gasteiger partial charge on any atom is -0.396 e. The topological polar surface area (TPSA) is 46.0 Å². The van der Waals surface area contributed by atoms with Gasteiger partial charge in [0.2, 0.25) is 5.82 Å². The maximum Gasteiger partial charge on any atom is 0.451 e. The van der Waals surface area contributed by atoms with Crippen molar-refractivity contribution < 1.29 is 18.3 Å². The maximum absolute atomic E-state index is 12.5. The van der Waals surface area contributed by atoms with Crippen molar-refractivity contribution in [3.05, 3.63) is 47.2 Å². The summed E-state index contributed by atoms with van der Waals surface area (Å²) in [6, 6.07) is 9.99. The molecule has 1 N–H and O–H groups in total. The van der Waals surface area contributed by atoms with Crippen LogP contribution in [-0.4, -0.2) is 21.7 Å². The number of hydrogen-bond donors (Lipinski definition) is 1. The number of thiophene rings is 1. The zero-order chi connectivity index (χ0) is 15.7. The monoisotopic (exact) mass is 324 g/mol. The standard InChI is InChI=1S/C9H7F3N2OS.C6H4/c10-9(11,12)8-13-5(1-3-15)7-6(14-8)2-4-16-7;1-2-6-4-3-5(1)6/h2,4,15H,1,3H2;1-4H. The lowest BCUT2D eigenvalue weighted by Gasteiger charge is -2.10. The Balaban J connectivity index is 0.000000196. The Kier molecular flexibility index (Phi) is 3.84. The largest absolute Gasteiger partial charge is 0.451 e. The highest BCUT2D eigenvalue weighted by Crippen LogP contribution is 2.30. The lowest BCUT2D eigenvalue weighted by Crippen LogP contribution is -2.13. The van der Waals surface area contributed by atoms with Crippen LogP contribution in [0.25, 0.3) is 21.3 Å². The highest BCUT2D eigenvalue weighted by molar-refractivity contribution is 7.17. The molecule has 2 aromatic heterocycles. The Morgan fingerprint density at radius 3 is 2.09 bits per heavy atom. The average Bonchev–Trinajstić information content (AvgIpc) is 2.91. The van der Waals surface area contributed by atoms with Gasteiger partial charge in [0.25, 0.3) is 0 Å². The van der Waals surface area contributed by atoms with Gasteiger partial charge in [-0.05, 0) is 22.6 Å². The molecule has 0 amide bonds. The zero-order valence-corrected chi connectivity index (χ0v) is 12.1. The van der Waals surface area contributed by atoms with Gasteiger partial charge in [-0.1, -0.05) is 24.3 Å². The van der Waals surface area contributed by atoms with Crippen molar-refractivity contribution in [3.63, 3.8) is 0 Å². The van der Waals surface area contributed by atoms with Gasteiger partial charge in [0.1, 0.15) is 0 Å². The van der Waals surface area contributed by atoms with E-state index in [9.17, 15) is 13.2 Å². The number of nitrogens with zero attached hydrogens (tertiary/aromatic N) is 2. The molecule has 2 aliphatic rings. The van der Waals surface area contributed by atoms with Crippen LogP contribution in [0.2, 0.25) is 0 Å². The first-order chi connectivity index (χ1) is 10.5. The second-order valence-electron chi connectivity index (χ2n) is 4.68. The highest BCUT2D eigenvalue weighted by atomic mass is 32.1. The molecule has 0 radical (unpaired) electrons. The van der Waals surface area contributed by atoms with Gasteiger partial charge < -0.3 is 5.11 Å². The number of aliphatic hydroxyl groups is 1. The van der Waals surface area contributed by atoms with E-state index in [2.05, 4.69) is 34.2 Å². The van der Waals surface area contributed by atoms with Gasteiger partial charge in [0.15, 0.2) is 0 Å². The fourth-order valence-electron chi connectivity index (χ4n) is 1.99. The third-order valence-corrected chi connectivity index (χ3v) is 4.15. The van der Waals surface area contributed by atoms with Crippen molar-refractivity contribution in [2.75, 3.05) is 6.61 Å². The van der Waals surface area contributed by atoms with E-state index >= 15 is 0 Å². The molecule has 0 atom stereocenters. The van der Waals surface area contributed by atoms with Crippen molar-refractivity contribution in [2.24, 2.45) is 0 Å². The van der Waals surface area contributed by atoms with E-state index in [-0.39, 0.29) is 24.2 Å². The minimum atomic E-state index is -4.56. The first-order valence-corrected chi connectivity index (χ1v) is 7.39. The van der Waals surface area contributed by atoms with Crippen molar-refractivity contribution >= 4 is 21.6 Å². The molecule has 7 heteroatoms. The van der Waals surface area contributed by atoms with Gasteiger partial charge in [-0.15, -0.1) is 11.3 Å². The molecule has 2 aliphatic carbocycles. The Morgan fingerprint density at radius 1 is 1.00 bits per heavy atom. The van der Waals surface area contributed by atoms with Crippen LogP contribution < -0.4 is 0 Å². The number of aromatic nitrogens is 2. The molecule has 0 aromatic carbocycles. The number of rotatable bonds is 2. The van der Waals surface area contributed by atoms with Crippen LogP contribution in [0.3, 0.4) is 0 Å². The molecule has 22 heavy (non-hydrogen) atoms. The Bertz CT molecular complexity index is 776. The van der Waals surface area contributed by atoms with E-state index in [1.54, 1.807) is 5.38 Å². The molecule has 2 aromatic rings. The summed E-state index contributed by atoms with van der Waals surface area (Å²) < 4.78 is 38.0. The van der Waals surface area contributed by atoms with Crippen molar-refractivity contribution in [1.82, 2.24) is 9.97 Å². The molecule has 0 fully saturated rings. The SMILES string of the molecule is OCCc1nc(C(F)(F)F)nc2ccsc12.c1cc2ccc1-2. The van der Waals surface area contributed by atoms with Crippen molar-refractivity contribution in [1.29, 1.82) is 0 Å². The summed E-state index contributed by atoms with van der Waals surface area (Å²) in [4.78, 5) is 6.89. The Hall–Kier alpha value is -1.99. The van der Waals surface area contributed by atoms with E-state index in [4.69, 9.17) is 5.11 Å². The second-order valence-corrected chi connectivity index (χ2v) is 5.59. The van der Waals surface area contributed by atoms with Crippen LogP contribution in [0.4, 0.5) is 13.2 Å². The van der Waals surface area contributed by atoms with Crippen LogP contribution in [0, 0.1) is 0 Å². The summed E-state index contributed by atoms with van der Waals surface area (Å²) in [7, 11) is 0. The lowest BCUT2D eigenvalue weighted by molar-refractivity contribution is -0.144. The van der Waals surface area contributed by atoms with Crippen LogP contribution in [0.1, 0.15) is 11.5 Å². The maximum atomic E-state index is 12.5. The number of alkyl halides is 3. The molecule has 0 saturated carbocycles. The van der Waals surface area contributed by atoms with Crippen molar-refractivity contribution in [3.8, 4) is 11.1 Å². The second kappa shape index (κ2) is 5.66. The molecule has 0 unspecified atom stereocenters. The van der Waals surface area contributed by atoms with E-state index in [0.717, 1.165) is 0 Å². The van der Waals surface area contributed by atoms with Gasteiger partial charge in [0.05, 0.1) is 15.9 Å².